The lowest BCUT2D eigenvalue weighted by atomic mass is 10.0. The fourth-order valence-corrected chi connectivity index (χ4v) is 3.21. The molecule has 1 aliphatic rings. The molecule has 2 rings (SSSR count). The minimum Gasteiger partial charge on any atom is -0.481 e. The number of carbonyl (C=O) groups is 1. The zero-order valence-electron chi connectivity index (χ0n) is 10.3. The second-order valence-electron chi connectivity index (χ2n) is 4.43. The minimum absolute atomic E-state index is 0.0697. The molecule has 1 aromatic rings. The standard InChI is InChI=1S/C13H15BrClNO3/c14-11-7-9(15)1-2-10(11)12(8-13(17)18)16-3-5-19-6-4-16/h1-2,7,12H,3-6,8H2,(H,17,18). The molecule has 1 aliphatic heterocycles. The Kier molecular flexibility index (Phi) is 5.21. The molecule has 0 aliphatic carbocycles. The van der Waals surface area contributed by atoms with Crippen LogP contribution < -0.4 is 0 Å². The molecule has 1 N–H and O–H groups in total. The maximum Gasteiger partial charge on any atom is 0.305 e. The number of aliphatic carboxylic acids is 1. The molecule has 0 bridgehead atoms. The lowest BCUT2D eigenvalue weighted by molar-refractivity contribution is -0.139. The first-order chi connectivity index (χ1) is 9.08. The Balaban J connectivity index is 2.27. The van der Waals surface area contributed by atoms with Crippen LogP contribution in [0.5, 0.6) is 0 Å². The van der Waals surface area contributed by atoms with E-state index in [-0.39, 0.29) is 12.5 Å². The van der Waals surface area contributed by atoms with E-state index in [0.29, 0.717) is 18.2 Å². The summed E-state index contributed by atoms with van der Waals surface area (Å²) >= 11 is 9.40. The van der Waals surface area contributed by atoms with Crippen LogP contribution in [0.25, 0.3) is 0 Å². The fourth-order valence-electron chi connectivity index (χ4n) is 2.26. The van der Waals surface area contributed by atoms with Gasteiger partial charge >= 0.3 is 5.97 Å². The van der Waals surface area contributed by atoms with Crippen molar-refractivity contribution in [3.05, 3.63) is 33.3 Å². The van der Waals surface area contributed by atoms with Crippen molar-refractivity contribution in [1.29, 1.82) is 0 Å². The van der Waals surface area contributed by atoms with Gasteiger partial charge in [0.15, 0.2) is 0 Å². The predicted octanol–water partition coefficient (Wildman–Crippen LogP) is 2.95. The van der Waals surface area contributed by atoms with Gasteiger partial charge in [-0.05, 0) is 17.7 Å². The molecule has 19 heavy (non-hydrogen) atoms. The molecule has 4 nitrogen and oxygen atoms in total. The van der Waals surface area contributed by atoms with E-state index in [9.17, 15) is 4.79 Å². The van der Waals surface area contributed by atoms with Gasteiger partial charge in [-0.25, -0.2) is 0 Å². The van der Waals surface area contributed by atoms with Crippen LogP contribution in [-0.4, -0.2) is 42.3 Å². The van der Waals surface area contributed by atoms with Gasteiger partial charge in [-0.1, -0.05) is 33.6 Å². The summed E-state index contributed by atoms with van der Waals surface area (Å²) in [5.41, 5.74) is 0.953. The van der Waals surface area contributed by atoms with Gasteiger partial charge in [-0.3, -0.25) is 9.69 Å². The van der Waals surface area contributed by atoms with Crippen molar-refractivity contribution < 1.29 is 14.6 Å². The highest BCUT2D eigenvalue weighted by Gasteiger charge is 2.26. The summed E-state index contributed by atoms with van der Waals surface area (Å²) in [6.07, 6.45) is 0.0697. The SMILES string of the molecule is O=C(O)CC(c1ccc(Cl)cc1Br)N1CCOCC1. The Bertz CT molecular complexity index is 463. The van der Waals surface area contributed by atoms with Gasteiger partial charge in [-0.2, -0.15) is 0 Å². The van der Waals surface area contributed by atoms with E-state index in [1.807, 2.05) is 6.07 Å². The number of ether oxygens (including phenoxy) is 1. The number of benzene rings is 1. The summed E-state index contributed by atoms with van der Waals surface area (Å²) in [4.78, 5) is 13.2. The maximum atomic E-state index is 11.1. The minimum atomic E-state index is -0.807. The van der Waals surface area contributed by atoms with Gasteiger partial charge in [0.2, 0.25) is 0 Å². The number of carboxylic acids is 1. The third-order valence-corrected chi connectivity index (χ3v) is 4.10. The Labute approximate surface area is 125 Å². The Morgan fingerprint density at radius 3 is 2.74 bits per heavy atom. The van der Waals surface area contributed by atoms with Gasteiger partial charge in [0.05, 0.1) is 19.6 Å². The van der Waals surface area contributed by atoms with E-state index in [2.05, 4.69) is 20.8 Å². The number of halogens is 2. The largest absolute Gasteiger partial charge is 0.481 e. The number of nitrogens with zero attached hydrogens (tertiary/aromatic N) is 1. The molecular formula is C13H15BrClNO3. The first-order valence-electron chi connectivity index (χ1n) is 6.06. The van der Waals surface area contributed by atoms with Crippen molar-refractivity contribution in [2.45, 2.75) is 12.5 Å². The molecule has 0 amide bonds. The highest BCUT2D eigenvalue weighted by Crippen LogP contribution is 2.32. The van der Waals surface area contributed by atoms with E-state index in [1.54, 1.807) is 12.1 Å². The first kappa shape index (κ1) is 14.8. The molecule has 6 heteroatoms. The van der Waals surface area contributed by atoms with E-state index >= 15 is 0 Å². The van der Waals surface area contributed by atoms with Crippen LogP contribution in [0.2, 0.25) is 5.02 Å². The van der Waals surface area contributed by atoms with Crippen LogP contribution in [0.1, 0.15) is 18.0 Å². The summed E-state index contributed by atoms with van der Waals surface area (Å²) in [7, 11) is 0. The van der Waals surface area contributed by atoms with Gasteiger partial charge in [0.1, 0.15) is 0 Å². The molecule has 1 unspecified atom stereocenters. The maximum absolute atomic E-state index is 11.1. The lowest BCUT2D eigenvalue weighted by Crippen LogP contribution is -2.40. The molecule has 104 valence electrons. The molecule has 0 aromatic heterocycles. The van der Waals surface area contributed by atoms with Crippen molar-refractivity contribution in [2.24, 2.45) is 0 Å². The summed E-state index contributed by atoms with van der Waals surface area (Å²) in [5, 5.41) is 9.75. The zero-order valence-corrected chi connectivity index (χ0v) is 12.7. The van der Waals surface area contributed by atoms with Gasteiger partial charge in [0.25, 0.3) is 0 Å². The number of hydrogen-bond donors (Lipinski definition) is 1. The quantitative estimate of drug-likeness (QED) is 0.909. The molecule has 0 spiro atoms. The van der Waals surface area contributed by atoms with Gasteiger partial charge < -0.3 is 9.84 Å². The van der Waals surface area contributed by atoms with Crippen LogP contribution in [0, 0.1) is 0 Å². The van der Waals surface area contributed by atoms with Crippen LogP contribution in [0.15, 0.2) is 22.7 Å². The number of rotatable bonds is 4. The van der Waals surface area contributed by atoms with Crippen LogP contribution in [0.3, 0.4) is 0 Å². The van der Waals surface area contributed by atoms with E-state index in [4.69, 9.17) is 21.4 Å². The zero-order chi connectivity index (χ0) is 13.8. The van der Waals surface area contributed by atoms with Crippen molar-refractivity contribution in [1.82, 2.24) is 4.90 Å². The topological polar surface area (TPSA) is 49.8 Å². The average molecular weight is 349 g/mol. The molecule has 0 radical (unpaired) electrons. The van der Waals surface area contributed by atoms with Crippen molar-refractivity contribution in [2.75, 3.05) is 26.3 Å². The summed E-state index contributed by atoms with van der Waals surface area (Å²) < 4.78 is 6.16. The van der Waals surface area contributed by atoms with Gasteiger partial charge in [-0.15, -0.1) is 0 Å². The van der Waals surface area contributed by atoms with Crippen LogP contribution in [0.4, 0.5) is 0 Å². The van der Waals surface area contributed by atoms with Crippen LogP contribution >= 0.6 is 27.5 Å². The third kappa shape index (κ3) is 3.92. The molecule has 1 saturated heterocycles. The Morgan fingerprint density at radius 1 is 1.47 bits per heavy atom. The molecule has 1 fully saturated rings. The average Bonchev–Trinajstić information content (AvgIpc) is 2.37. The molecule has 1 heterocycles. The van der Waals surface area contributed by atoms with Crippen LogP contribution in [-0.2, 0) is 9.53 Å². The number of morpholine rings is 1. The van der Waals surface area contributed by atoms with E-state index in [0.717, 1.165) is 23.1 Å². The second-order valence-corrected chi connectivity index (χ2v) is 5.72. The van der Waals surface area contributed by atoms with Crippen molar-refractivity contribution in [3.8, 4) is 0 Å². The highest BCUT2D eigenvalue weighted by atomic mass is 79.9. The Hall–Kier alpha value is -0.620. The van der Waals surface area contributed by atoms with Crippen molar-refractivity contribution in [3.63, 3.8) is 0 Å². The van der Waals surface area contributed by atoms with E-state index < -0.39 is 5.97 Å². The fraction of sp³-hybridized carbons (Fsp3) is 0.462. The molecule has 1 aromatic carbocycles. The molecule has 1 atom stereocenters. The molecule has 0 saturated carbocycles. The highest BCUT2D eigenvalue weighted by molar-refractivity contribution is 9.10. The first-order valence-corrected chi connectivity index (χ1v) is 7.23. The summed E-state index contributed by atoms with van der Waals surface area (Å²) in [5.74, 6) is -0.807. The normalized spacial score (nSPS) is 18.2. The van der Waals surface area contributed by atoms with E-state index in [1.165, 1.54) is 0 Å². The van der Waals surface area contributed by atoms with Crippen molar-refractivity contribution >= 4 is 33.5 Å². The smallest absolute Gasteiger partial charge is 0.305 e. The second kappa shape index (κ2) is 6.70. The van der Waals surface area contributed by atoms with Gasteiger partial charge in [0, 0.05) is 28.6 Å². The summed E-state index contributed by atoms with van der Waals surface area (Å²) in [6.45, 7) is 2.77. The summed E-state index contributed by atoms with van der Waals surface area (Å²) in [6, 6.07) is 5.31. The number of carboxylic acid groups (broad SMARTS) is 1. The number of hydrogen-bond acceptors (Lipinski definition) is 3. The lowest BCUT2D eigenvalue weighted by Gasteiger charge is -2.34. The third-order valence-electron chi connectivity index (χ3n) is 3.18. The predicted molar refractivity (Wildman–Crippen MR) is 76.5 cm³/mol. The molecular weight excluding hydrogens is 334 g/mol. The Morgan fingerprint density at radius 2 is 2.16 bits per heavy atom. The monoisotopic (exact) mass is 347 g/mol.